The molecule has 1 aromatic heterocycles. The number of hydrogen-bond acceptors (Lipinski definition) is 3. The highest BCUT2D eigenvalue weighted by atomic mass is 16.1. The van der Waals surface area contributed by atoms with E-state index in [0.29, 0.717) is 0 Å². The largest absolute Gasteiger partial charge is 0.311 e. The van der Waals surface area contributed by atoms with Gasteiger partial charge in [-0.3, -0.25) is 9.48 Å². The van der Waals surface area contributed by atoms with Gasteiger partial charge in [-0.05, 0) is 17.7 Å². The molecule has 0 aliphatic rings. The molecule has 3 rings (SSSR count). The molecule has 106 valence electrons. The molecule has 4 nitrogen and oxygen atoms in total. The molecule has 0 spiro atoms. The predicted molar refractivity (Wildman–Crippen MR) is 84.2 cm³/mol. The summed E-state index contributed by atoms with van der Waals surface area (Å²) in [6.07, 6.45) is 1.39. The summed E-state index contributed by atoms with van der Waals surface area (Å²) in [6, 6.07) is 17.9. The van der Waals surface area contributed by atoms with Crippen molar-refractivity contribution in [3.05, 3.63) is 76.6 Å². The van der Waals surface area contributed by atoms with Gasteiger partial charge in [-0.2, -0.15) is 5.10 Å². The highest BCUT2D eigenvalue weighted by molar-refractivity contribution is 5.77. The minimum Gasteiger partial charge on any atom is -0.311 e. The van der Waals surface area contributed by atoms with E-state index in [1.54, 1.807) is 0 Å². The standard InChI is InChI=1S/C17H17N3O/c21-17-13-19-20(16-9-5-4-8-15(16)17)11-10-18-12-14-6-2-1-3-7-14/h1-9,13,18H,10-12H2. The molecular formula is C17H17N3O. The van der Waals surface area contributed by atoms with E-state index in [0.717, 1.165) is 30.5 Å². The molecule has 2 aromatic carbocycles. The average Bonchev–Trinajstić information content (AvgIpc) is 2.55. The number of nitrogens with one attached hydrogen (secondary N) is 1. The lowest BCUT2D eigenvalue weighted by Gasteiger charge is -2.10. The Kier molecular flexibility index (Phi) is 4.07. The summed E-state index contributed by atoms with van der Waals surface area (Å²) < 4.78 is 1.87. The Morgan fingerprint density at radius 2 is 1.76 bits per heavy atom. The van der Waals surface area contributed by atoms with Crippen LogP contribution in [0.5, 0.6) is 0 Å². The van der Waals surface area contributed by atoms with Crippen LogP contribution in [0.1, 0.15) is 5.56 Å². The summed E-state index contributed by atoms with van der Waals surface area (Å²) >= 11 is 0. The molecule has 1 heterocycles. The molecule has 0 saturated heterocycles. The van der Waals surface area contributed by atoms with Gasteiger partial charge < -0.3 is 5.32 Å². The second-order valence-corrected chi connectivity index (χ2v) is 4.91. The fraction of sp³-hybridized carbons (Fsp3) is 0.176. The maximum Gasteiger partial charge on any atom is 0.207 e. The molecule has 0 aliphatic carbocycles. The van der Waals surface area contributed by atoms with E-state index in [4.69, 9.17) is 0 Å². The van der Waals surface area contributed by atoms with Gasteiger partial charge in [-0.25, -0.2) is 0 Å². The lowest BCUT2D eigenvalue weighted by Crippen LogP contribution is -2.22. The lowest BCUT2D eigenvalue weighted by atomic mass is 10.2. The minimum absolute atomic E-state index is 0.0286. The van der Waals surface area contributed by atoms with Gasteiger partial charge in [0.2, 0.25) is 5.43 Å². The van der Waals surface area contributed by atoms with Crippen molar-refractivity contribution in [2.24, 2.45) is 0 Å². The molecule has 0 aliphatic heterocycles. The van der Waals surface area contributed by atoms with Crippen LogP contribution in [-0.2, 0) is 13.1 Å². The zero-order valence-corrected chi connectivity index (χ0v) is 11.7. The van der Waals surface area contributed by atoms with E-state index in [2.05, 4.69) is 22.5 Å². The van der Waals surface area contributed by atoms with Crippen molar-refractivity contribution in [3.63, 3.8) is 0 Å². The molecule has 21 heavy (non-hydrogen) atoms. The van der Waals surface area contributed by atoms with Crippen LogP contribution in [0.15, 0.2) is 65.6 Å². The maximum atomic E-state index is 11.8. The van der Waals surface area contributed by atoms with Gasteiger partial charge in [0.05, 0.1) is 18.3 Å². The van der Waals surface area contributed by atoms with Crippen LogP contribution in [0.2, 0.25) is 0 Å². The van der Waals surface area contributed by atoms with Crippen LogP contribution in [0.25, 0.3) is 10.9 Å². The highest BCUT2D eigenvalue weighted by Crippen LogP contribution is 2.07. The van der Waals surface area contributed by atoms with Gasteiger partial charge in [0.15, 0.2) is 0 Å². The van der Waals surface area contributed by atoms with Crippen LogP contribution in [-0.4, -0.2) is 16.3 Å². The number of benzene rings is 2. The summed E-state index contributed by atoms with van der Waals surface area (Å²) in [5.41, 5.74) is 2.11. The van der Waals surface area contributed by atoms with Gasteiger partial charge in [-0.15, -0.1) is 0 Å². The van der Waals surface area contributed by atoms with E-state index in [1.165, 1.54) is 11.8 Å². The zero-order chi connectivity index (χ0) is 14.5. The van der Waals surface area contributed by atoms with E-state index in [1.807, 2.05) is 47.1 Å². The molecule has 0 amide bonds. The molecule has 0 saturated carbocycles. The van der Waals surface area contributed by atoms with E-state index < -0.39 is 0 Å². The van der Waals surface area contributed by atoms with Gasteiger partial charge in [0.25, 0.3) is 0 Å². The van der Waals surface area contributed by atoms with Crippen molar-refractivity contribution < 1.29 is 0 Å². The van der Waals surface area contributed by atoms with Crippen LogP contribution < -0.4 is 10.7 Å². The Balaban J connectivity index is 1.66. The molecule has 4 heteroatoms. The summed E-state index contributed by atoms with van der Waals surface area (Å²) in [6.45, 7) is 2.36. The smallest absolute Gasteiger partial charge is 0.207 e. The van der Waals surface area contributed by atoms with Crippen LogP contribution in [0.3, 0.4) is 0 Å². The first kappa shape index (κ1) is 13.5. The lowest BCUT2D eigenvalue weighted by molar-refractivity contribution is 0.561. The number of nitrogens with zero attached hydrogens (tertiary/aromatic N) is 2. The second kappa shape index (κ2) is 6.33. The molecule has 3 aromatic rings. The van der Waals surface area contributed by atoms with Crippen molar-refractivity contribution in [1.29, 1.82) is 0 Å². The van der Waals surface area contributed by atoms with Crippen molar-refractivity contribution in [2.75, 3.05) is 6.54 Å². The molecule has 0 atom stereocenters. The van der Waals surface area contributed by atoms with E-state index in [9.17, 15) is 4.79 Å². The van der Waals surface area contributed by atoms with Crippen molar-refractivity contribution in [2.45, 2.75) is 13.1 Å². The maximum absolute atomic E-state index is 11.8. The van der Waals surface area contributed by atoms with Crippen LogP contribution in [0.4, 0.5) is 0 Å². The Bertz CT molecular complexity index is 781. The van der Waals surface area contributed by atoms with E-state index >= 15 is 0 Å². The molecule has 0 unspecified atom stereocenters. The third kappa shape index (κ3) is 3.17. The minimum atomic E-state index is -0.0286. The first-order valence-corrected chi connectivity index (χ1v) is 7.04. The Labute approximate surface area is 123 Å². The molecule has 0 radical (unpaired) electrons. The predicted octanol–water partition coefficient (Wildman–Crippen LogP) is 2.19. The van der Waals surface area contributed by atoms with Crippen LogP contribution >= 0.6 is 0 Å². The van der Waals surface area contributed by atoms with Gasteiger partial charge in [0, 0.05) is 18.5 Å². The average molecular weight is 279 g/mol. The number of fused-ring (bicyclic) bond motifs is 1. The Morgan fingerprint density at radius 1 is 1.00 bits per heavy atom. The SMILES string of the molecule is O=c1cnn(CCNCc2ccccc2)c2ccccc12. The molecule has 0 bridgehead atoms. The van der Waals surface area contributed by atoms with E-state index in [-0.39, 0.29) is 5.43 Å². The number of aromatic nitrogens is 2. The van der Waals surface area contributed by atoms with Gasteiger partial charge in [-0.1, -0.05) is 42.5 Å². The summed E-state index contributed by atoms with van der Waals surface area (Å²) in [4.78, 5) is 11.8. The first-order valence-electron chi connectivity index (χ1n) is 7.04. The number of hydrogen-bond donors (Lipinski definition) is 1. The fourth-order valence-corrected chi connectivity index (χ4v) is 2.35. The number of rotatable bonds is 5. The van der Waals surface area contributed by atoms with Gasteiger partial charge in [0.1, 0.15) is 0 Å². The topological polar surface area (TPSA) is 46.9 Å². The fourth-order valence-electron chi connectivity index (χ4n) is 2.35. The van der Waals surface area contributed by atoms with Crippen molar-refractivity contribution in [1.82, 2.24) is 15.1 Å². The summed E-state index contributed by atoms with van der Waals surface area (Å²) in [7, 11) is 0. The van der Waals surface area contributed by atoms with Crippen LogP contribution in [0, 0.1) is 0 Å². The van der Waals surface area contributed by atoms with Gasteiger partial charge >= 0.3 is 0 Å². The normalized spacial score (nSPS) is 10.9. The monoisotopic (exact) mass is 279 g/mol. The second-order valence-electron chi connectivity index (χ2n) is 4.91. The zero-order valence-electron chi connectivity index (χ0n) is 11.7. The number of para-hydroxylation sites is 1. The molecule has 1 N–H and O–H groups in total. The third-order valence-electron chi connectivity index (χ3n) is 3.43. The Hall–Kier alpha value is -2.46. The third-order valence-corrected chi connectivity index (χ3v) is 3.43. The Morgan fingerprint density at radius 3 is 2.62 bits per heavy atom. The summed E-state index contributed by atoms with van der Waals surface area (Å²) in [5, 5.41) is 8.32. The molecule has 0 fully saturated rings. The quantitative estimate of drug-likeness (QED) is 0.728. The first-order chi connectivity index (χ1) is 10.3. The highest BCUT2D eigenvalue weighted by Gasteiger charge is 2.02. The van der Waals surface area contributed by atoms with Crippen molar-refractivity contribution in [3.8, 4) is 0 Å². The molecular weight excluding hydrogens is 262 g/mol. The van der Waals surface area contributed by atoms with Crippen molar-refractivity contribution >= 4 is 10.9 Å². The summed E-state index contributed by atoms with van der Waals surface area (Å²) in [5.74, 6) is 0.